The molecular formula is C13H18ClF4N. The molecule has 110 valence electrons. The highest BCUT2D eigenvalue weighted by Gasteiger charge is 2.34. The van der Waals surface area contributed by atoms with Gasteiger partial charge < -0.3 is 5.73 Å². The Kier molecular flexibility index (Phi) is 6.80. The van der Waals surface area contributed by atoms with Crippen molar-refractivity contribution in [1.82, 2.24) is 0 Å². The fraction of sp³-hybridized carbons (Fsp3) is 0.538. The van der Waals surface area contributed by atoms with E-state index in [0.29, 0.717) is 17.9 Å². The Morgan fingerprint density at radius 3 is 2.21 bits per heavy atom. The number of hydrogen-bond acceptors (Lipinski definition) is 1. The van der Waals surface area contributed by atoms with Crippen LogP contribution >= 0.6 is 12.4 Å². The van der Waals surface area contributed by atoms with E-state index in [0.717, 1.165) is 18.6 Å². The van der Waals surface area contributed by atoms with E-state index in [-0.39, 0.29) is 12.4 Å². The third-order valence-corrected chi connectivity index (χ3v) is 2.78. The van der Waals surface area contributed by atoms with Crippen molar-refractivity contribution in [3.8, 4) is 0 Å². The summed E-state index contributed by atoms with van der Waals surface area (Å²) < 4.78 is 50.7. The SMILES string of the molecule is CC(C)CC[C@@H](N)c1ccc(F)c(C(F)(F)F)c1.Cl. The summed E-state index contributed by atoms with van der Waals surface area (Å²) in [4.78, 5) is 0. The summed E-state index contributed by atoms with van der Waals surface area (Å²) in [6, 6.07) is 2.46. The maximum Gasteiger partial charge on any atom is 0.419 e. The van der Waals surface area contributed by atoms with Crippen LogP contribution in [0.2, 0.25) is 0 Å². The van der Waals surface area contributed by atoms with Gasteiger partial charge in [0.25, 0.3) is 0 Å². The molecule has 0 amide bonds. The molecule has 0 saturated carbocycles. The number of benzene rings is 1. The smallest absolute Gasteiger partial charge is 0.324 e. The molecule has 19 heavy (non-hydrogen) atoms. The van der Waals surface area contributed by atoms with Gasteiger partial charge in [0.2, 0.25) is 0 Å². The standard InChI is InChI=1S/C13H17F4N.ClH/c1-8(2)3-6-12(18)9-4-5-11(14)10(7-9)13(15,16)17;/h4-5,7-8,12H,3,6,18H2,1-2H3;1H/t12-;/m1./s1. The summed E-state index contributed by atoms with van der Waals surface area (Å²) in [6.07, 6.45) is -3.28. The molecule has 1 aromatic carbocycles. The first-order valence-corrected chi connectivity index (χ1v) is 5.84. The first-order valence-electron chi connectivity index (χ1n) is 5.84. The molecule has 0 saturated heterocycles. The molecule has 0 spiro atoms. The minimum absolute atomic E-state index is 0. The predicted octanol–water partition coefficient (Wildman–Crippen LogP) is 4.70. The van der Waals surface area contributed by atoms with E-state index in [1.807, 2.05) is 13.8 Å². The van der Waals surface area contributed by atoms with E-state index in [4.69, 9.17) is 5.73 Å². The van der Waals surface area contributed by atoms with Gasteiger partial charge in [0.1, 0.15) is 5.82 Å². The van der Waals surface area contributed by atoms with Crippen molar-refractivity contribution in [2.45, 2.75) is 38.9 Å². The molecule has 0 aliphatic rings. The summed E-state index contributed by atoms with van der Waals surface area (Å²) in [5.74, 6) is -0.833. The van der Waals surface area contributed by atoms with Gasteiger partial charge in [0, 0.05) is 6.04 Å². The molecule has 0 aliphatic heterocycles. The van der Waals surface area contributed by atoms with Crippen molar-refractivity contribution in [1.29, 1.82) is 0 Å². The second-order valence-corrected chi connectivity index (χ2v) is 4.81. The second-order valence-electron chi connectivity index (χ2n) is 4.81. The quantitative estimate of drug-likeness (QED) is 0.801. The predicted molar refractivity (Wildman–Crippen MR) is 69.7 cm³/mol. The lowest BCUT2D eigenvalue weighted by Crippen LogP contribution is -2.14. The van der Waals surface area contributed by atoms with Crippen LogP contribution in [0.15, 0.2) is 18.2 Å². The molecule has 0 unspecified atom stereocenters. The van der Waals surface area contributed by atoms with Crippen LogP contribution in [0.1, 0.15) is 43.9 Å². The molecule has 0 aromatic heterocycles. The Bertz CT molecular complexity index is 404. The minimum Gasteiger partial charge on any atom is -0.324 e. The third kappa shape index (κ3) is 5.37. The number of alkyl halides is 3. The van der Waals surface area contributed by atoms with Gasteiger partial charge in [-0.3, -0.25) is 0 Å². The van der Waals surface area contributed by atoms with Gasteiger partial charge in [-0.25, -0.2) is 4.39 Å². The Morgan fingerprint density at radius 2 is 1.74 bits per heavy atom. The Morgan fingerprint density at radius 1 is 1.16 bits per heavy atom. The van der Waals surface area contributed by atoms with E-state index in [1.54, 1.807) is 0 Å². The monoisotopic (exact) mass is 299 g/mol. The Balaban J connectivity index is 0.00000324. The van der Waals surface area contributed by atoms with E-state index >= 15 is 0 Å². The summed E-state index contributed by atoms with van der Waals surface area (Å²) in [6.45, 7) is 4.02. The molecule has 0 aliphatic carbocycles. The van der Waals surface area contributed by atoms with Crippen molar-refractivity contribution in [3.63, 3.8) is 0 Å². The molecule has 0 bridgehead atoms. The fourth-order valence-corrected chi connectivity index (χ4v) is 1.67. The molecule has 0 heterocycles. The average molecular weight is 300 g/mol. The van der Waals surface area contributed by atoms with Crippen LogP contribution in [-0.2, 0) is 6.18 Å². The van der Waals surface area contributed by atoms with E-state index in [2.05, 4.69) is 0 Å². The highest BCUT2D eigenvalue weighted by Crippen LogP contribution is 2.33. The van der Waals surface area contributed by atoms with Crippen LogP contribution in [0.5, 0.6) is 0 Å². The molecule has 1 nitrogen and oxygen atoms in total. The van der Waals surface area contributed by atoms with Gasteiger partial charge in [-0.15, -0.1) is 12.4 Å². The topological polar surface area (TPSA) is 26.0 Å². The first-order chi connectivity index (χ1) is 8.21. The molecule has 6 heteroatoms. The lowest BCUT2D eigenvalue weighted by Gasteiger charge is -2.16. The highest BCUT2D eigenvalue weighted by atomic mass is 35.5. The van der Waals surface area contributed by atoms with Crippen molar-refractivity contribution < 1.29 is 17.6 Å². The Labute approximate surface area is 116 Å². The van der Waals surface area contributed by atoms with Crippen molar-refractivity contribution in [3.05, 3.63) is 35.1 Å². The number of nitrogens with two attached hydrogens (primary N) is 1. The lowest BCUT2D eigenvalue weighted by atomic mass is 9.97. The van der Waals surface area contributed by atoms with Gasteiger partial charge >= 0.3 is 6.18 Å². The van der Waals surface area contributed by atoms with Crippen LogP contribution in [-0.4, -0.2) is 0 Å². The van der Waals surface area contributed by atoms with Gasteiger partial charge in [0.05, 0.1) is 5.56 Å². The Hall–Kier alpha value is -0.810. The molecular weight excluding hydrogens is 282 g/mol. The van der Waals surface area contributed by atoms with E-state index in [1.165, 1.54) is 6.07 Å². The average Bonchev–Trinajstić information content (AvgIpc) is 2.24. The summed E-state index contributed by atoms with van der Waals surface area (Å²) in [7, 11) is 0. The fourth-order valence-electron chi connectivity index (χ4n) is 1.67. The molecule has 1 atom stereocenters. The van der Waals surface area contributed by atoms with E-state index in [9.17, 15) is 17.6 Å². The number of halogens is 5. The summed E-state index contributed by atoms with van der Waals surface area (Å²) >= 11 is 0. The number of rotatable bonds is 4. The zero-order chi connectivity index (χ0) is 13.9. The van der Waals surface area contributed by atoms with Crippen LogP contribution in [0, 0.1) is 11.7 Å². The van der Waals surface area contributed by atoms with Crippen molar-refractivity contribution in [2.24, 2.45) is 11.7 Å². The highest BCUT2D eigenvalue weighted by molar-refractivity contribution is 5.85. The molecule has 0 radical (unpaired) electrons. The normalized spacial score (nSPS) is 13.3. The third-order valence-electron chi connectivity index (χ3n) is 2.78. The molecule has 0 fully saturated rings. The first kappa shape index (κ1) is 18.2. The zero-order valence-electron chi connectivity index (χ0n) is 10.8. The van der Waals surface area contributed by atoms with Crippen LogP contribution in [0.4, 0.5) is 17.6 Å². The summed E-state index contributed by atoms with van der Waals surface area (Å²) in [5.41, 5.74) is 4.89. The van der Waals surface area contributed by atoms with Crippen LogP contribution < -0.4 is 5.73 Å². The van der Waals surface area contributed by atoms with Gasteiger partial charge in [-0.05, 0) is 36.5 Å². The van der Waals surface area contributed by atoms with Gasteiger partial charge in [-0.2, -0.15) is 13.2 Å². The zero-order valence-corrected chi connectivity index (χ0v) is 11.6. The maximum absolute atomic E-state index is 13.1. The largest absolute Gasteiger partial charge is 0.419 e. The second kappa shape index (κ2) is 7.10. The van der Waals surface area contributed by atoms with Crippen molar-refractivity contribution >= 4 is 12.4 Å². The summed E-state index contributed by atoms with van der Waals surface area (Å²) in [5, 5.41) is 0. The molecule has 1 rings (SSSR count). The maximum atomic E-state index is 13.1. The lowest BCUT2D eigenvalue weighted by molar-refractivity contribution is -0.140. The molecule has 2 N–H and O–H groups in total. The van der Waals surface area contributed by atoms with Crippen LogP contribution in [0.25, 0.3) is 0 Å². The minimum atomic E-state index is -4.68. The van der Waals surface area contributed by atoms with Crippen molar-refractivity contribution in [2.75, 3.05) is 0 Å². The van der Waals surface area contributed by atoms with Gasteiger partial charge in [0.15, 0.2) is 0 Å². The van der Waals surface area contributed by atoms with Crippen LogP contribution in [0.3, 0.4) is 0 Å². The molecule has 1 aromatic rings. The van der Waals surface area contributed by atoms with Gasteiger partial charge in [-0.1, -0.05) is 19.9 Å². The van der Waals surface area contributed by atoms with E-state index < -0.39 is 23.6 Å². The number of hydrogen-bond donors (Lipinski definition) is 1.